The number of methoxy groups -OCH3 is 2. The third-order valence-electron chi connectivity index (χ3n) is 10.5. The van der Waals surface area contributed by atoms with Crippen molar-refractivity contribution in [1.82, 2.24) is 0 Å². The number of aromatic hydroxyl groups is 2. The molecule has 0 aromatic heterocycles. The summed E-state index contributed by atoms with van der Waals surface area (Å²) in [5.74, 6) is 0.172. The number of nitrogens with zero attached hydrogens (tertiary/aromatic N) is 4. The Bertz CT molecular complexity index is 3110. The highest BCUT2D eigenvalue weighted by Gasteiger charge is 2.28. The summed E-state index contributed by atoms with van der Waals surface area (Å²) < 4.78 is 10.4. The molecule has 0 bridgehead atoms. The number of hydrogen-bond acceptors (Lipinski definition) is 12. The molecule has 0 atom stereocenters. The predicted octanol–water partition coefficient (Wildman–Crippen LogP) is 12.3. The van der Waals surface area contributed by atoms with E-state index in [-0.39, 0.29) is 40.8 Å². The predicted molar refractivity (Wildman–Crippen MR) is 237 cm³/mol. The average Bonchev–Trinajstić information content (AvgIpc) is 3.58. The zero-order chi connectivity index (χ0) is 42.7. The summed E-state index contributed by atoms with van der Waals surface area (Å²) in [6.45, 7) is 0.0328. The lowest BCUT2D eigenvalue weighted by Gasteiger charge is -2.12. The van der Waals surface area contributed by atoms with Crippen LogP contribution in [0.15, 0.2) is 166 Å². The molecule has 304 valence electrons. The van der Waals surface area contributed by atoms with Gasteiger partial charge in [0.05, 0.1) is 36.8 Å². The quantitative estimate of drug-likeness (QED) is 0.0695. The normalized spacial score (nSPS) is 11.9. The highest BCUT2D eigenvalue weighted by Crippen LogP contribution is 2.44. The summed E-state index contributed by atoms with van der Waals surface area (Å²) in [4.78, 5) is 33.0. The van der Waals surface area contributed by atoms with Crippen LogP contribution in [-0.2, 0) is 11.4 Å². The highest BCUT2D eigenvalue weighted by atomic mass is 16.6. The summed E-state index contributed by atoms with van der Waals surface area (Å²) in [7, 11) is 3.15. The average molecular weight is 821 g/mol. The van der Waals surface area contributed by atoms with Crippen LogP contribution in [0, 0.1) is 0 Å². The SMILES string of the molecule is COc1ccc(NOCc2cc3ccccc3c(N=Nc3ccc4c(c3)C(=O)c3cc(N=Nc5c(O)c(C(=O)Nc6ccc(OC)cc6)cc6ccccc56)ccc3-4)c2O)cc1. The van der Waals surface area contributed by atoms with Crippen molar-refractivity contribution in [3.8, 4) is 34.1 Å². The topological polar surface area (TPSA) is 176 Å². The standard InChI is InChI=1S/C49H36N6O7/c1-60-35-17-11-31(12-18-35)50-49(59)43-24-29-8-4-6-10-38(29)45(48(43)58)54-52-34-16-22-40-39-21-15-33(25-41(39)47(57)42(40)26-34)51-53-44-37-9-5-3-7-28(37)23-30(46(44)56)27-62-55-32-13-19-36(61-2)20-14-32/h3-26,55-56,58H,27H2,1-2H3,(H,50,59). The summed E-state index contributed by atoms with van der Waals surface area (Å²) >= 11 is 0. The van der Waals surface area contributed by atoms with E-state index in [1.165, 1.54) is 0 Å². The smallest absolute Gasteiger partial charge is 0.259 e. The van der Waals surface area contributed by atoms with E-state index in [1.807, 2.05) is 60.7 Å². The minimum atomic E-state index is -0.530. The fraction of sp³-hybridized carbons (Fsp3) is 0.0612. The van der Waals surface area contributed by atoms with Gasteiger partial charge in [0, 0.05) is 33.2 Å². The third kappa shape index (κ3) is 7.62. The zero-order valence-corrected chi connectivity index (χ0v) is 33.3. The number of benzene rings is 8. The Morgan fingerprint density at radius 2 is 1.08 bits per heavy atom. The van der Waals surface area contributed by atoms with E-state index < -0.39 is 5.91 Å². The lowest BCUT2D eigenvalue weighted by Crippen LogP contribution is -2.12. The first-order chi connectivity index (χ1) is 30.3. The van der Waals surface area contributed by atoms with E-state index in [0.29, 0.717) is 67.1 Å². The van der Waals surface area contributed by atoms with Gasteiger partial charge in [0.15, 0.2) is 11.5 Å². The first-order valence-electron chi connectivity index (χ1n) is 19.4. The first-order valence-corrected chi connectivity index (χ1v) is 19.4. The van der Waals surface area contributed by atoms with Gasteiger partial charge in [0.1, 0.15) is 35.2 Å². The van der Waals surface area contributed by atoms with Crippen LogP contribution in [0.4, 0.5) is 34.1 Å². The fourth-order valence-corrected chi connectivity index (χ4v) is 7.30. The molecular weight excluding hydrogens is 785 g/mol. The second-order valence-electron chi connectivity index (χ2n) is 14.3. The number of carbonyl (C=O) groups excluding carboxylic acids is 2. The Hall–Kier alpha value is -8.42. The molecule has 4 N–H and O–H groups in total. The maximum Gasteiger partial charge on any atom is 0.259 e. The molecule has 0 aliphatic heterocycles. The maximum absolute atomic E-state index is 13.9. The van der Waals surface area contributed by atoms with Crippen LogP contribution in [0.25, 0.3) is 32.7 Å². The molecule has 0 saturated carbocycles. The van der Waals surface area contributed by atoms with Crippen molar-refractivity contribution in [2.24, 2.45) is 20.5 Å². The Balaban J connectivity index is 0.953. The molecule has 62 heavy (non-hydrogen) atoms. The lowest BCUT2D eigenvalue weighted by atomic mass is 10.0. The van der Waals surface area contributed by atoms with Crippen LogP contribution in [-0.4, -0.2) is 36.1 Å². The van der Waals surface area contributed by atoms with Crippen molar-refractivity contribution >= 4 is 67.4 Å². The summed E-state index contributed by atoms with van der Waals surface area (Å²) in [6.07, 6.45) is 0. The second kappa shape index (κ2) is 16.7. The molecule has 8 aromatic rings. The van der Waals surface area contributed by atoms with Crippen molar-refractivity contribution in [3.63, 3.8) is 0 Å². The van der Waals surface area contributed by atoms with E-state index in [0.717, 1.165) is 16.5 Å². The van der Waals surface area contributed by atoms with Crippen molar-refractivity contribution in [1.29, 1.82) is 0 Å². The van der Waals surface area contributed by atoms with Crippen LogP contribution in [0.3, 0.4) is 0 Å². The molecule has 1 aliphatic rings. The molecule has 9 rings (SSSR count). The minimum absolute atomic E-state index is 0.0178. The zero-order valence-electron chi connectivity index (χ0n) is 33.3. The number of anilines is 2. The van der Waals surface area contributed by atoms with E-state index in [1.54, 1.807) is 99.1 Å². The third-order valence-corrected chi connectivity index (χ3v) is 10.5. The molecule has 0 fully saturated rings. The first kappa shape index (κ1) is 39.1. The maximum atomic E-state index is 13.9. The molecule has 13 heteroatoms. The number of ether oxygens (including phenoxy) is 2. The van der Waals surface area contributed by atoms with Crippen molar-refractivity contribution < 1.29 is 34.1 Å². The van der Waals surface area contributed by atoms with Gasteiger partial charge in [-0.25, -0.2) is 0 Å². The summed E-state index contributed by atoms with van der Waals surface area (Å²) in [6, 6.07) is 42.7. The number of hydrogen-bond donors (Lipinski definition) is 4. The van der Waals surface area contributed by atoms with Gasteiger partial charge in [-0.15, -0.1) is 10.2 Å². The molecule has 0 spiro atoms. The molecular formula is C49H36N6O7. The van der Waals surface area contributed by atoms with Crippen molar-refractivity contribution in [2.45, 2.75) is 6.61 Å². The van der Waals surface area contributed by atoms with E-state index >= 15 is 0 Å². The van der Waals surface area contributed by atoms with Crippen molar-refractivity contribution in [2.75, 3.05) is 25.0 Å². The number of amides is 1. The van der Waals surface area contributed by atoms with Crippen LogP contribution in [0.2, 0.25) is 0 Å². The van der Waals surface area contributed by atoms with Gasteiger partial charge in [-0.05, 0) is 107 Å². The minimum Gasteiger partial charge on any atom is -0.505 e. The van der Waals surface area contributed by atoms with Gasteiger partial charge in [-0.3, -0.25) is 19.9 Å². The van der Waals surface area contributed by atoms with E-state index in [9.17, 15) is 19.8 Å². The fourth-order valence-electron chi connectivity index (χ4n) is 7.30. The molecule has 0 radical (unpaired) electrons. The number of fused-ring (bicyclic) bond motifs is 5. The number of nitrogens with one attached hydrogen (secondary N) is 2. The lowest BCUT2D eigenvalue weighted by molar-refractivity contribution is 0.102. The molecule has 8 aromatic carbocycles. The Morgan fingerprint density at radius 1 is 0.565 bits per heavy atom. The van der Waals surface area contributed by atoms with Gasteiger partial charge < -0.3 is 25.0 Å². The second-order valence-corrected chi connectivity index (χ2v) is 14.3. The molecule has 0 saturated heterocycles. The van der Waals surface area contributed by atoms with Crippen LogP contribution in [0.5, 0.6) is 23.0 Å². The Kier molecular flexibility index (Phi) is 10.5. The van der Waals surface area contributed by atoms with Crippen LogP contribution >= 0.6 is 0 Å². The van der Waals surface area contributed by atoms with Crippen LogP contribution < -0.4 is 20.3 Å². The van der Waals surface area contributed by atoms with Gasteiger partial charge in [0.2, 0.25) is 0 Å². The molecule has 1 amide bonds. The molecule has 1 aliphatic carbocycles. The highest BCUT2D eigenvalue weighted by molar-refractivity contribution is 6.22. The van der Waals surface area contributed by atoms with Gasteiger partial charge in [-0.1, -0.05) is 60.7 Å². The summed E-state index contributed by atoms with van der Waals surface area (Å²) in [5, 5.41) is 46.2. The molecule has 0 unspecified atom stereocenters. The number of carbonyl (C=O) groups is 2. The number of rotatable bonds is 12. The molecule has 13 nitrogen and oxygen atoms in total. The van der Waals surface area contributed by atoms with Gasteiger partial charge >= 0.3 is 0 Å². The largest absolute Gasteiger partial charge is 0.505 e. The number of phenolic OH excluding ortho intramolecular Hbond substituents is 2. The van der Waals surface area contributed by atoms with Gasteiger partial charge in [-0.2, -0.15) is 10.2 Å². The Morgan fingerprint density at radius 3 is 1.65 bits per heavy atom. The van der Waals surface area contributed by atoms with E-state index in [4.69, 9.17) is 14.3 Å². The Labute approximate surface area is 354 Å². The molecule has 0 heterocycles. The van der Waals surface area contributed by atoms with Gasteiger partial charge in [0.25, 0.3) is 5.91 Å². The van der Waals surface area contributed by atoms with E-state index in [2.05, 4.69) is 31.3 Å². The van der Waals surface area contributed by atoms with Crippen LogP contribution in [0.1, 0.15) is 31.8 Å². The summed E-state index contributed by atoms with van der Waals surface area (Å²) in [5.41, 5.74) is 8.08. The van der Waals surface area contributed by atoms with Crippen molar-refractivity contribution in [3.05, 3.63) is 168 Å². The monoisotopic (exact) mass is 820 g/mol. The number of azo groups is 2. The number of ketones is 1. The number of phenols is 2.